The summed E-state index contributed by atoms with van der Waals surface area (Å²) < 4.78 is 0. The lowest BCUT2D eigenvalue weighted by molar-refractivity contribution is -0.138. The molecule has 0 rings (SSSR count). The van der Waals surface area contributed by atoms with Crippen molar-refractivity contribution >= 4 is 11.8 Å². The van der Waals surface area contributed by atoms with E-state index in [0.717, 1.165) is 0 Å². The van der Waals surface area contributed by atoms with E-state index in [4.69, 9.17) is 22.0 Å². The Bertz CT molecular complexity index is 183. The monoisotopic (exact) mass is 188 g/mol. The van der Waals surface area contributed by atoms with Gasteiger partial charge in [-0.25, -0.2) is 0 Å². The molecule has 0 saturated carbocycles. The third-order valence-electron chi connectivity index (χ3n) is 1.50. The number of aliphatic carboxylic acids is 1. The highest BCUT2D eigenvalue weighted by Crippen LogP contribution is 1.92. The van der Waals surface area contributed by atoms with Gasteiger partial charge in [-0.15, -0.1) is 0 Å². The molecular weight excluding hydrogens is 172 g/mol. The molecule has 1 unspecified atom stereocenters. The largest absolute Gasteiger partial charge is 0.480 e. The molecule has 0 radical (unpaired) electrons. The zero-order chi connectivity index (χ0) is 10.3. The lowest BCUT2D eigenvalue weighted by atomic mass is 10.2. The number of nitrogens with one attached hydrogen (secondary N) is 2. The van der Waals surface area contributed by atoms with Gasteiger partial charge in [-0.1, -0.05) is 0 Å². The van der Waals surface area contributed by atoms with Gasteiger partial charge in [0.25, 0.3) is 0 Å². The van der Waals surface area contributed by atoms with Gasteiger partial charge in [-0.2, -0.15) is 0 Å². The van der Waals surface area contributed by atoms with Crippen molar-refractivity contribution in [2.45, 2.75) is 18.9 Å². The van der Waals surface area contributed by atoms with Crippen molar-refractivity contribution < 1.29 is 9.90 Å². The Labute approximate surface area is 76.8 Å². The Morgan fingerprint density at radius 3 is 2.69 bits per heavy atom. The Balaban J connectivity index is 3.26. The molecule has 1 atom stereocenters. The van der Waals surface area contributed by atoms with Gasteiger partial charge in [-0.05, 0) is 19.4 Å². The molecule has 0 aromatic rings. The first-order chi connectivity index (χ1) is 6.04. The molecule has 13 heavy (non-hydrogen) atoms. The fourth-order valence-corrected chi connectivity index (χ4v) is 0.794. The maximum absolute atomic E-state index is 10.3. The van der Waals surface area contributed by atoms with E-state index in [0.29, 0.717) is 25.9 Å². The fourth-order valence-electron chi connectivity index (χ4n) is 0.794. The molecule has 0 fully saturated rings. The summed E-state index contributed by atoms with van der Waals surface area (Å²) in [6.07, 6.45) is 1.10. The van der Waals surface area contributed by atoms with Crippen LogP contribution in [-0.2, 0) is 4.79 Å². The van der Waals surface area contributed by atoms with E-state index >= 15 is 0 Å². The molecule has 0 aromatic heterocycles. The van der Waals surface area contributed by atoms with Gasteiger partial charge in [0, 0.05) is 0 Å². The van der Waals surface area contributed by atoms with Gasteiger partial charge in [0.05, 0.1) is 6.54 Å². The second-order valence-corrected chi connectivity index (χ2v) is 2.79. The second-order valence-electron chi connectivity index (χ2n) is 2.79. The molecule has 6 nitrogen and oxygen atoms in total. The predicted molar refractivity (Wildman–Crippen MR) is 49.6 cm³/mol. The van der Waals surface area contributed by atoms with Gasteiger partial charge in [0.2, 0.25) is 0 Å². The Hall–Kier alpha value is -1.14. The summed E-state index contributed by atoms with van der Waals surface area (Å²) in [6, 6.07) is -0.792. The minimum absolute atomic E-state index is 0.0718. The van der Waals surface area contributed by atoms with Crippen molar-refractivity contribution in [3.8, 4) is 0 Å². The van der Waals surface area contributed by atoms with Gasteiger partial charge >= 0.3 is 5.97 Å². The fraction of sp³-hybridized carbons (Fsp3) is 0.714. The van der Waals surface area contributed by atoms with Crippen LogP contribution < -0.4 is 16.8 Å². The summed E-state index contributed by atoms with van der Waals surface area (Å²) in [5, 5.41) is 18.2. The average Bonchev–Trinajstić information content (AvgIpc) is 2.02. The van der Waals surface area contributed by atoms with Crippen LogP contribution in [-0.4, -0.2) is 36.0 Å². The molecule has 0 aliphatic heterocycles. The lowest BCUT2D eigenvalue weighted by Gasteiger charge is -2.06. The normalized spacial score (nSPS) is 12.4. The van der Waals surface area contributed by atoms with E-state index in [2.05, 4.69) is 5.32 Å². The molecule has 76 valence electrons. The standard InChI is InChI=1S/C7H16N4O2/c8-5(7(12)13)2-1-3-11-4-6(9)10/h5,11H,1-4,8H2,(H3,9,10)(H,12,13). The summed E-state index contributed by atoms with van der Waals surface area (Å²) >= 11 is 0. The topological polar surface area (TPSA) is 125 Å². The Kier molecular flexibility index (Phi) is 5.82. The number of rotatable bonds is 7. The minimum Gasteiger partial charge on any atom is -0.480 e. The first kappa shape index (κ1) is 11.9. The molecule has 0 bridgehead atoms. The first-order valence-electron chi connectivity index (χ1n) is 4.06. The summed E-state index contributed by atoms with van der Waals surface area (Å²) in [5.41, 5.74) is 10.3. The molecule has 0 heterocycles. The number of amidine groups is 1. The summed E-state index contributed by atoms with van der Waals surface area (Å²) in [6.45, 7) is 0.961. The molecular formula is C7H16N4O2. The molecule has 0 aromatic carbocycles. The van der Waals surface area contributed by atoms with Crippen molar-refractivity contribution in [1.29, 1.82) is 5.41 Å². The minimum atomic E-state index is -0.980. The zero-order valence-corrected chi connectivity index (χ0v) is 7.42. The van der Waals surface area contributed by atoms with Crippen molar-refractivity contribution in [2.24, 2.45) is 11.5 Å². The van der Waals surface area contributed by atoms with Crippen LogP contribution in [0.4, 0.5) is 0 Å². The Morgan fingerprint density at radius 1 is 1.62 bits per heavy atom. The molecule has 0 aliphatic carbocycles. The van der Waals surface area contributed by atoms with E-state index in [1.165, 1.54) is 0 Å². The molecule has 0 aliphatic rings. The predicted octanol–water partition coefficient (Wildman–Crippen LogP) is -1.30. The zero-order valence-electron chi connectivity index (χ0n) is 7.42. The van der Waals surface area contributed by atoms with Crippen LogP contribution in [0.1, 0.15) is 12.8 Å². The number of nitrogens with two attached hydrogens (primary N) is 2. The summed E-state index contributed by atoms with van der Waals surface area (Å²) in [5.74, 6) is -0.908. The molecule has 0 amide bonds. The van der Waals surface area contributed by atoms with E-state index in [1.54, 1.807) is 0 Å². The van der Waals surface area contributed by atoms with E-state index in [1.807, 2.05) is 0 Å². The smallest absolute Gasteiger partial charge is 0.320 e. The SMILES string of the molecule is N=C(N)CNCCCC(N)C(=O)O. The second kappa shape index (κ2) is 6.38. The van der Waals surface area contributed by atoms with Crippen molar-refractivity contribution in [3.63, 3.8) is 0 Å². The van der Waals surface area contributed by atoms with Gasteiger partial charge in [0.1, 0.15) is 11.9 Å². The molecule has 0 spiro atoms. The maximum Gasteiger partial charge on any atom is 0.320 e. The first-order valence-corrected chi connectivity index (χ1v) is 4.06. The van der Waals surface area contributed by atoms with Crippen LogP contribution in [0.3, 0.4) is 0 Å². The number of hydrogen-bond acceptors (Lipinski definition) is 4. The Morgan fingerprint density at radius 2 is 2.23 bits per heavy atom. The number of carboxylic acid groups (broad SMARTS) is 1. The third-order valence-corrected chi connectivity index (χ3v) is 1.50. The summed E-state index contributed by atoms with van der Waals surface area (Å²) in [7, 11) is 0. The highest BCUT2D eigenvalue weighted by Gasteiger charge is 2.09. The summed E-state index contributed by atoms with van der Waals surface area (Å²) in [4.78, 5) is 10.3. The number of carboxylic acids is 1. The highest BCUT2D eigenvalue weighted by atomic mass is 16.4. The number of hydrogen-bond donors (Lipinski definition) is 5. The lowest BCUT2D eigenvalue weighted by Crippen LogP contribution is -2.32. The van der Waals surface area contributed by atoms with Gasteiger partial charge in [-0.3, -0.25) is 10.2 Å². The highest BCUT2D eigenvalue weighted by molar-refractivity contribution is 5.78. The van der Waals surface area contributed by atoms with E-state index in [9.17, 15) is 4.79 Å². The van der Waals surface area contributed by atoms with E-state index < -0.39 is 12.0 Å². The van der Waals surface area contributed by atoms with Crippen LogP contribution in [0, 0.1) is 5.41 Å². The molecule has 6 heteroatoms. The van der Waals surface area contributed by atoms with Crippen molar-refractivity contribution in [1.82, 2.24) is 5.32 Å². The van der Waals surface area contributed by atoms with Crippen LogP contribution in [0.5, 0.6) is 0 Å². The van der Waals surface area contributed by atoms with Crippen LogP contribution in [0.2, 0.25) is 0 Å². The quantitative estimate of drug-likeness (QED) is 0.193. The van der Waals surface area contributed by atoms with Crippen LogP contribution in [0.15, 0.2) is 0 Å². The van der Waals surface area contributed by atoms with Crippen LogP contribution in [0.25, 0.3) is 0 Å². The van der Waals surface area contributed by atoms with E-state index in [-0.39, 0.29) is 5.84 Å². The average molecular weight is 188 g/mol. The molecule has 0 saturated heterocycles. The van der Waals surface area contributed by atoms with Crippen molar-refractivity contribution in [3.05, 3.63) is 0 Å². The number of carbonyl (C=O) groups is 1. The third kappa shape index (κ3) is 7.23. The van der Waals surface area contributed by atoms with Gasteiger partial charge in [0.15, 0.2) is 0 Å². The van der Waals surface area contributed by atoms with Crippen molar-refractivity contribution in [2.75, 3.05) is 13.1 Å². The van der Waals surface area contributed by atoms with Gasteiger partial charge < -0.3 is 21.9 Å². The molecule has 7 N–H and O–H groups in total. The maximum atomic E-state index is 10.3. The van der Waals surface area contributed by atoms with Crippen LogP contribution >= 0.6 is 0 Å².